The van der Waals surface area contributed by atoms with Gasteiger partial charge in [-0.2, -0.15) is 0 Å². The normalized spacial score (nSPS) is 10.1. The van der Waals surface area contributed by atoms with Crippen LogP contribution in [0.15, 0.2) is 6.07 Å². The van der Waals surface area contributed by atoms with Crippen molar-refractivity contribution in [2.75, 3.05) is 5.73 Å². The molecular weight excluding hydrogens is 208 g/mol. The first-order valence-electron chi connectivity index (χ1n) is 2.66. The molecule has 0 saturated heterocycles. The third-order valence-corrected chi connectivity index (χ3v) is 2.32. The van der Waals surface area contributed by atoms with Crippen molar-refractivity contribution in [2.45, 2.75) is 0 Å². The second-order valence-electron chi connectivity index (χ2n) is 1.92. The lowest BCUT2D eigenvalue weighted by molar-refractivity contribution is 0.476. The summed E-state index contributed by atoms with van der Waals surface area (Å²) in [6.07, 6.45) is 0. The molecule has 0 amide bonds. The topological polar surface area (TPSA) is 46.2 Å². The van der Waals surface area contributed by atoms with Crippen LogP contribution in [0.5, 0.6) is 5.75 Å². The largest absolute Gasteiger partial charge is 0.505 e. The third kappa shape index (κ3) is 1.48. The highest BCUT2D eigenvalue weighted by Crippen LogP contribution is 2.40. The molecule has 2 nitrogen and oxygen atoms in total. The minimum atomic E-state index is -0.243. The zero-order valence-electron chi connectivity index (χ0n) is 5.24. The van der Waals surface area contributed by atoms with Crippen LogP contribution >= 0.6 is 34.8 Å². The van der Waals surface area contributed by atoms with Crippen LogP contribution in [0, 0.1) is 0 Å². The van der Waals surface area contributed by atoms with E-state index in [1.54, 1.807) is 0 Å². The number of nitrogen functional groups attached to an aromatic ring is 1. The highest BCUT2D eigenvalue weighted by molar-refractivity contribution is 6.46. The SMILES string of the molecule is Nc1cc(Cl)c(O)c(Cl)c1Cl. The molecule has 0 spiro atoms. The molecule has 0 aromatic heterocycles. The van der Waals surface area contributed by atoms with Crippen molar-refractivity contribution < 1.29 is 5.11 Å². The zero-order valence-corrected chi connectivity index (χ0v) is 7.50. The summed E-state index contributed by atoms with van der Waals surface area (Å²) in [6, 6.07) is 1.34. The van der Waals surface area contributed by atoms with E-state index in [0.29, 0.717) is 0 Å². The molecule has 0 unspecified atom stereocenters. The van der Waals surface area contributed by atoms with Gasteiger partial charge in [-0.05, 0) is 6.07 Å². The summed E-state index contributed by atoms with van der Waals surface area (Å²) in [4.78, 5) is 0. The van der Waals surface area contributed by atoms with Crippen LogP contribution in [0.2, 0.25) is 15.1 Å². The number of rotatable bonds is 0. The number of hydrogen-bond donors (Lipinski definition) is 2. The lowest BCUT2D eigenvalue weighted by Crippen LogP contribution is -1.87. The maximum atomic E-state index is 9.11. The highest BCUT2D eigenvalue weighted by atomic mass is 35.5. The molecule has 0 atom stereocenters. The number of halogens is 3. The van der Waals surface area contributed by atoms with E-state index in [1.807, 2.05) is 0 Å². The average Bonchev–Trinajstić information content (AvgIpc) is 1.97. The van der Waals surface area contributed by atoms with Gasteiger partial charge in [0.1, 0.15) is 5.02 Å². The van der Waals surface area contributed by atoms with Crippen molar-refractivity contribution >= 4 is 40.5 Å². The van der Waals surface area contributed by atoms with Gasteiger partial charge in [0.15, 0.2) is 5.75 Å². The Hall–Kier alpha value is -0.310. The smallest absolute Gasteiger partial charge is 0.154 e. The fraction of sp³-hybridized carbons (Fsp3) is 0. The number of nitrogens with two attached hydrogens (primary N) is 1. The molecule has 0 radical (unpaired) electrons. The molecule has 0 aliphatic rings. The van der Waals surface area contributed by atoms with E-state index in [9.17, 15) is 0 Å². The number of aromatic hydroxyl groups is 1. The molecule has 1 rings (SSSR count). The standard InChI is InChI=1S/C6H4Cl3NO/c7-2-1-3(10)4(8)5(9)6(2)11/h1,11H,10H2. The summed E-state index contributed by atoms with van der Waals surface area (Å²) < 4.78 is 0. The van der Waals surface area contributed by atoms with Crippen molar-refractivity contribution in [1.29, 1.82) is 0 Å². The Labute approximate surface area is 78.5 Å². The maximum absolute atomic E-state index is 9.11. The Kier molecular flexibility index (Phi) is 2.37. The quantitative estimate of drug-likeness (QED) is 0.395. The van der Waals surface area contributed by atoms with E-state index in [4.69, 9.17) is 45.6 Å². The van der Waals surface area contributed by atoms with Gasteiger partial charge in [-0.15, -0.1) is 0 Å². The Morgan fingerprint density at radius 1 is 1.18 bits per heavy atom. The lowest BCUT2D eigenvalue weighted by atomic mass is 10.3. The van der Waals surface area contributed by atoms with Gasteiger partial charge in [-0.3, -0.25) is 0 Å². The minimum absolute atomic E-state index is 0.0170. The summed E-state index contributed by atoms with van der Waals surface area (Å²) in [5.41, 5.74) is 5.63. The number of anilines is 1. The van der Waals surface area contributed by atoms with Crippen LogP contribution in [0.1, 0.15) is 0 Å². The van der Waals surface area contributed by atoms with Gasteiger partial charge in [-0.1, -0.05) is 34.8 Å². The van der Waals surface area contributed by atoms with Gasteiger partial charge in [0.05, 0.1) is 15.7 Å². The lowest BCUT2D eigenvalue weighted by Gasteiger charge is -2.03. The van der Waals surface area contributed by atoms with Crippen molar-refractivity contribution in [2.24, 2.45) is 0 Å². The maximum Gasteiger partial charge on any atom is 0.154 e. The van der Waals surface area contributed by atoms with Gasteiger partial charge in [-0.25, -0.2) is 0 Å². The van der Waals surface area contributed by atoms with Crippen LogP contribution < -0.4 is 5.73 Å². The van der Waals surface area contributed by atoms with Gasteiger partial charge < -0.3 is 10.8 Å². The average molecular weight is 212 g/mol. The van der Waals surface area contributed by atoms with Crippen LogP contribution in [-0.2, 0) is 0 Å². The Morgan fingerprint density at radius 3 is 2.27 bits per heavy atom. The fourth-order valence-electron chi connectivity index (χ4n) is 0.604. The molecule has 60 valence electrons. The monoisotopic (exact) mass is 211 g/mol. The molecule has 3 N–H and O–H groups in total. The summed E-state index contributed by atoms with van der Waals surface area (Å²) in [6.45, 7) is 0. The van der Waals surface area contributed by atoms with Gasteiger partial charge in [0.2, 0.25) is 0 Å². The number of phenolic OH excluding ortho intramolecular Hbond substituents is 1. The highest BCUT2D eigenvalue weighted by Gasteiger charge is 2.11. The van der Waals surface area contributed by atoms with E-state index in [0.717, 1.165) is 0 Å². The summed E-state index contributed by atoms with van der Waals surface area (Å²) in [5.74, 6) is -0.243. The van der Waals surface area contributed by atoms with Crippen LogP contribution in [0.25, 0.3) is 0 Å². The van der Waals surface area contributed by atoms with Gasteiger partial charge >= 0.3 is 0 Å². The van der Waals surface area contributed by atoms with Crippen molar-refractivity contribution in [1.82, 2.24) is 0 Å². The number of phenols is 1. The second kappa shape index (κ2) is 2.97. The van der Waals surface area contributed by atoms with Crippen molar-refractivity contribution in [3.63, 3.8) is 0 Å². The van der Waals surface area contributed by atoms with Crippen LogP contribution in [0.3, 0.4) is 0 Å². The molecule has 0 aliphatic carbocycles. The predicted molar refractivity (Wildman–Crippen MR) is 47.5 cm³/mol. The molecule has 0 saturated carbocycles. The van der Waals surface area contributed by atoms with E-state index in [1.165, 1.54) is 6.07 Å². The van der Waals surface area contributed by atoms with E-state index < -0.39 is 0 Å². The molecule has 11 heavy (non-hydrogen) atoms. The molecule has 0 fully saturated rings. The molecule has 0 bridgehead atoms. The molecule has 0 heterocycles. The van der Waals surface area contributed by atoms with Gasteiger partial charge in [0.25, 0.3) is 0 Å². The summed E-state index contributed by atoms with van der Waals surface area (Å²) in [7, 11) is 0. The summed E-state index contributed by atoms with van der Waals surface area (Å²) >= 11 is 16.6. The zero-order chi connectivity index (χ0) is 8.59. The fourth-order valence-corrected chi connectivity index (χ4v) is 1.22. The first kappa shape index (κ1) is 8.78. The molecular formula is C6H4Cl3NO. The predicted octanol–water partition coefficient (Wildman–Crippen LogP) is 2.93. The van der Waals surface area contributed by atoms with E-state index in [-0.39, 0.29) is 26.5 Å². The minimum Gasteiger partial charge on any atom is -0.505 e. The van der Waals surface area contributed by atoms with Crippen LogP contribution in [-0.4, -0.2) is 5.11 Å². The molecule has 1 aromatic rings. The van der Waals surface area contributed by atoms with E-state index >= 15 is 0 Å². The van der Waals surface area contributed by atoms with Gasteiger partial charge in [0, 0.05) is 0 Å². The first-order valence-corrected chi connectivity index (χ1v) is 3.79. The molecule has 1 aromatic carbocycles. The van der Waals surface area contributed by atoms with Crippen LogP contribution in [0.4, 0.5) is 5.69 Å². The van der Waals surface area contributed by atoms with Crippen molar-refractivity contribution in [3.8, 4) is 5.75 Å². The number of hydrogen-bond acceptors (Lipinski definition) is 2. The van der Waals surface area contributed by atoms with E-state index in [2.05, 4.69) is 0 Å². The molecule has 5 heteroatoms. The summed E-state index contributed by atoms with van der Waals surface area (Å²) in [5, 5.41) is 9.30. The second-order valence-corrected chi connectivity index (χ2v) is 3.09. The first-order chi connectivity index (χ1) is 5.04. The third-order valence-electron chi connectivity index (χ3n) is 1.16. The Morgan fingerprint density at radius 2 is 1.73 bits per heavy atom. The molecule has 0 aliphatic heterocycles. The Bertz CT molecular complexity index is 274. The number of benzene rings is 1. The van der Waals surface area contributed by atoms with Crippen molar-refractivity contribution in [3.05, 3.63) is 21.1 Å². The Balaban J connectivity index is 3.46.